The van der Waals surface area contributed by atoms with Crippen molar-refractivity contribution in [2.75, 3.05) is 0 Å². The molecule has 1 aromatic rings. The predicted molar refractivity (Wildman–Crippen MR) is 58.5 cm³/mol. The Balaban J connectivity index is 2.12. The van der Waals surface area contributed by atoms with Crippen molar-refractivity contribution in [2.45, 2.75) is 31.7 Å². The fraction of sp³-hybridized carbons (Fsp3) is 0.500. The number of hydrogen-bond donors (Lipinski definition) is 1. The molecular formula is C12H15FN2O. The molecule has 3 nitrogen and oxygen atoms in total. The van der Waals surface area contributed by atoms with Crippen LogP contribution in [0.1, 0.15) is 36.0 Å². The zero-order valence-electron chi connectivity index (χ0n) is 9.03. The average molecular weight is 222 g/mol. The minimum Gasteiger partial charge on any atom is -0.328 e. The average Bonchev–Trinajstić information content (AvgIpc) is 2.28. The van der Waals surface area contributed by atoms with E-state index in [9.17, 15) is 9.18 Å². The molecule has 0 bridgehead atoms. The molecule has 2 rings (SSSR count). The first-order valence-corrected chi connectivity index (χ1v) is 5.57. The Morgan fingerprint density at radius 1 is 1.44 bits per heavy atom. The van der Waals surface area contributed by atoms with Gasteiger partial charge in [0.2, 0.25) is 0 Å². The van der Waals surface area contributed by atoms with Crippen molar-refractivity contribution in [2.24, 2.45) is 11.7 Å². The van der Waals surface area contributed by atoms with Crippen LogP contribution in [0.5, 0.6) is 0 Å². The first kappa shape index (κ1) is 11.2. The zero-order chi connectivity index (χ0) is 11.5. The van der Waals surface area contributed by atoms with Crippen LogP contribution in [-0.2, 0) is 0 Å². The fourth-order valence-electron chi connectivity index (χ4n) is 2.25. The Kier molecular flexibility index (Phi) is 3.29. The monoisotopic (exact) mass is 222 g/mol. The Bertz CT molecular complexity index is 394. The molecule has 2 atom stereocenters. The van der Waals surface area contributed by atoms with Crippen molar-refractivity contribution in [3.05, 3.63) is 29.8 Å². The molecule has 1 aliphatic rings. The second-order valence-corrected chi connectivity index (χ2v) is 4.38. The second kappa shape index (κ2) is 4.70. The number of ketones is 1. The molecule has 0 radical (unpaired) electrons. The summed E-state index contributed by atoms with van der Waals surface area (Å²) in [6.07, 6.45) is 6.03. The standard InChI is InChI=1S/C12H15FN2O/c13-10-4-9(6-15-7-10)12(16)8-2-1-3-11(14)5-8/h4,6-8,11H,1-3,5,14H2. The Morgan fingerprint density at radius 3 is 2.94 bits per heavy atom. The van der Waals surface area contributed by atoms with Crippen LogP contribution in [-0.4, -0.2) is 16.8 Å². The van der Waals surface area contributed by atoms with Gasteiger partial charge in [0, 0.05) is 23.7 Å². The summed E-state index contributed by atoms with van der Waals surface area (Å²) in [6, 6.07) is 1.35. The maximum atomic E-state index is 12.9. The Labute approximate surface area is 93.9 Å². The number of halogens is 1. The van der Waals surface area contributed by atoms with Crippen molar-refractivity contribution < 1.29 is 9.18 Å². The molecule has 2 unspecified atom stereocenters. The third-order valence-electron chi connectivity index (χ3n) is 3.07. The maximum Gasteiger partial charge on any atom is 0.167 e. The molecular weight excluding hydrogens is 207 g/mol. The Morgan fingerprint density at radius 2 is 2.25 bits per heavy atom. The molecule has 16 heavy (non-hydrogen) atoms. The van der Waals surface area contributed by atoms with Crippen molar-refractivity contribution in [3.63, 3.8) is 0 Å². The van der Waals surface area contributed by atoms with E-state index in [-0.39, 0.29) is 17.7 Å². The lowest BCUT2D eigenvalue weighted by Crippen LogP contribution is -2.31. The molecule has 2 N–H and O–H groups in total. The quantitative estimate of drug-likeness (QED) is 0.778. The summed E-state index contributed by atoms with van der Waals surface area (Å²) >= 11 is 0. The third kappa shape index (κ3) is 2.44. The van der Waals surface area contributed by atoms with Gasteiger partial charge in [-0.25, -0.2) is 4.39 Å². The van der Waals surface area contributed by atoms with E-state index in [1.807, 2.05) is 0 Å². The smallest absolute Gasteiger partial charge is 0.167 e. The summed E-state index contributed by atoms with van der Waals surface area (Å²) in [7, 11) is 0. The van der Waals surface area contributed by atoms with Gasteiger partial charge in [0.05, 0.1) is 6.20 Å². The molecule has 4 heteroatoms. The number of carbonyl (C=O) groups excluding carboxylic acids is 1. The van der Waals surface area contributed by atoms with Crippen molar-refractivity contribution >= 4 is 5.78 Å². The Hall–Kier alpha value is -1.29. The minimum absolute atomic E-state index is 0.0258. The third-order valence-corrected chi connectivity index (χ3v) is 3.07. The lowest BCUT2D eigenvalue weighted by molar-refractivity contribution is 0.0880. The van der Waals surface area contributed by atoms with Gasteiger partial charge in [-0.2, -0.15) is 0 Å². The van der Waals surface area contributed by atoms with E-state index in [2.05, 4.69) is 4.98 Å². The number of rotatable bonds is 2. The van der Waals surface area contributed by atoms with Gasteiger partial charge >= 0.3 is 0 Å². The first-order valence-electron chi connectivity index (χ1n) is 5.57. The molecule has 1 saturated carbocycles. The van der Waals surface area contributed by atoms with Crippen LogP contribution in [0.3, 0.4) is 0 Å². The van der Waals surface area contributed by atoms with E-state index in [0.717, 1.165) is 25.5 Å². The molecule has 86 valence electrons. The largest absolute Gasteiger partial charge is 0.328 e. The summed E-state index contributed by atoms with van der Waals surface area (Å²) in [5.74, 6) is -0.555. The number of nitrogens with zero attached hydrogens (tertiary/aromatic N) is 1. The maximum absolute atomic E-state index is 12.9. The van der Waals surface area contributed by atoms with E-state index in [4.69, 9.17) is 5.73 Å². The van der Waals surface area contributed by atoms with Gasteiger partial charge in [0.25, 0.3) is 0 Å². The summed E-state index contributed by atoms with van der Waals surface area (Å²) in [5, 5.41) is 0. The number of nitrogens with two attached hydrogens (primary N) is 1. The number of aromatic nitrogens is 1. The van der Waals surface area contributed by atoms with Crippen LogP contribution in [0.2, 0.25) is 0 Å². The highest BCUT2D eigenvalue weighted by Gasteiger charge is 2.26. The summed E-state index contributed by atoms with van der Waals surface area (Å²) in [5.41, 5.74) is 6.19. The molecule has 0 aromatic carbocycles. The first-order chi connectivity index (χ1) is 7.66. The van der Waals surface area contributed by atoms with E-state index in [0.29, 0.717) is 12.0 Å². The molecule has 0 aliphatic heterocycles. The van der Waals surface area contributed by atoms with Crippen molar-refractivity contribution in [3.8, 4) is 0 Å². The molecule has 0 amide bonds. The van der Waals surface area contributed by atoms with Crippen LogP contribution in [0.25, 0.3) is 0 Å². The lowest BCUT2D eigenvalue weighted by atomic mass is 9.82. The van der Waals surface area contributed by atoms with E-state index in [1.54, 1.807) is 0 Å². The van der Waals surface area contributed by atoms with Crippen molar-refractivity contribution in [1.82, 2.24) is 4.98 Å². The molecule has 0 saturated heterocycles. The van der Waals surface area contributed by atoms with Gasteiger partial charge < -0.3 is 5.73 Å². The van der Waals surface area contributed by atoms with Gasteiger partial charge in [0.15, 0.2) is 5.78 Å². The zero-order valence-corrected chi connectivity index (χ0v) is 9.03. The molecule has 1 aliphatic carbocycles. The van der Waals surface area contributed by atoms with E-state index in [1.165, 1.54) is 12.3 Å². The van der Waals surface area contributed by atoms with Crippen molar-refractivity contribution in [1.29, 1.82) is 0 Å². The second-order valence-electron chi connectivity index (χ2n) is 4.38. The van der Waals surface area contributed by atoms with Gasteiger partial charge in [-0.1, -0.05) is 6.42 Å². The molecule has 0 spiro atoms. The van der Waals surface area contributed by atoms with Crippen LogP contribution in [0.15, 0.2) is 18.5 Å². The molecule has 1 aromatic heterocycles. The number of pyridine rings is 1. The number of hydrogen-bond acceptors (Lipinski definition) is 3. The topological polar surface area (TPSA) is 56.0 Å². The van der Waals surface area contributed by atoms with E-state index < -0.39 is 5.82 Å². The van der Waals surface area contributed by atoms with Crippen LogP contribution in [0, 0.1) is 11.7 Å². The summed E-state index contributed by atoms with van der Waals surface area (Å²) in [4.78, 5) is 15.7. The summed E-state index contributed by atoms with van der Waals surface area (Å²) in [6.45, 7) is 0. The predicted octanol–water partition coefficient (Wildman–Crippen LogP) is 1.92. The fourth-order valence-corrected chi connectivity index (χ4v) is 2.25. The van der Waals surface area contributed by atoms with Gasteiger partial charge in [-0.05, 0) is 25.3 Å². The summed E-state index contributed by atoms with van der Waals surface area (Å²) < 4.78 is 12.9. The van der Waals surface area contributed by atoms with Crippen LogP contribution >= 0.6 is 0 Å². The number of Topliss-reactive ketones (excluding diaryl/α,β-unsaturated/α-hetero) is 1. The SMILES string of the molecule is NC1CCCC(C(=O)c2cncc(F)c2)C1. The van der Waals surface area contributed by atoms with Gasteiger partial charge in [-0.3, -0.25) is 9.78 Å². The van der Waals surface area contributed by atoms with E-state index >= 15 is 0 Å². The highest BCUT2D eigenvalue weighted by Crippen LogP contribution is 2.26. The lowest BCUT2D eigenvalue weighted by Gasteiger charge is -2.25. The minimum atomic E-state index is -0.467. The van der Waals surface area contributed by atoms with Gasteiger partial charge in [0.1, 0.15) is 5.82 Å². The van der Waals surface area contributed by atoms with Gasteiger partial charge in [-0.15, -0.1) is 0 Å². The van der Waals surface area contributed by atoms with Crippen LogP contribution < -0.4 is 5.73 Å². The molecule has 1 heterocycles. The highest BCUT2D eigenvalue weighted by atomic mass is 19.1. The highest BCUT2D eigenvalue weighted by molar-refractivity contribution is 5.97. The number of carbonyl (C=O) groups is 1. The van der Waals surface area contributed by atoms with Crippen LogP contribution in [0.4, 0.5) is 4.39 Å². The molecule has 1 fully saturated rings. The normalized spacial score (nSPS) is 25.4.